The molecule has 3 fully saturated rings. The van der Waals surface area contributed by atoms with E-state index in [1.54, 1.807) is 12.4 Å². The topological polar surface area (TPSA) is 116 Å². The minimum absolute atomic E-state index is 0.0533. The molecule has 0 radical (unpaired) electrons. The summed E-state index contributed by atoms with van der Waals surface area (Å²) in [6.07, 6.45) is 5.06. The summed E-state index contributed by atoms with van der Waals surface area (Å²) in [6, 6.07) is 0. The zero-order valence-corrected chi connectivity index (χ0v) is 16.4. The lowest BCUT2D eigenvalue weighted by Crippen LogP contribution is -2.56. The van der Waals surface area contributed by atoms with Gasteiger partial charge in [0, 0.05) is 62.5 Å². The molecule has 1 aromatic heterocycles. The number of carbonyl (C=O) groups is 1. The van der Waals surface area contributed by atoms with Gasteiger partial charge in [-0.25, -0.2) is 9.97 Å². The van der Waals surface area contributed by atoms with Crippen LogP contribution in [0.5, 0.6) is 0 Å². The maximum Gasteiger partial charge on any atom is 0.226 e. The van der Waals surface area contributed by atoms with Crippen molar-refractivity contribution in [1.29, 1.82) is 0 Å². The number of amides is 1. The first-order valence-corrected chi connectivity index (χ1v) is 10.4. The molecular weight excluding hydrogens is 358 g/mol. The minimum Gasteiger partial charge on any atom is -0.390 e. The molecule has 0 unspecified atom stereocenters. The Balaban J connectivity index is 1.52. The predicted octanol–water partition coefficient (Wildman–Crippen LogP) is 0.107. The van der Waals surface area contributed by atoms with Crippen LogP contribution >= 0.6 is 0 Å². The van der Waals surface area contributed by atoms with Crippen LogP contribution in [0.4, 0.5) is 5.95 Å². The normalized spacial score (nSPS) is 36.3. The van der Waals surface area contributed by atoms with E-state index >= 15 is 0 Å². The first-order chi connectivity index (χ1) is 13.5. The van der Waals surface area contributed by atoms with Gasteiger partial charge in [0.25, 0.3) is 0 Å². The molecular formula is C20H31N5O3. The number of nitrogens with two attached hydrogens (primary N) is 1. The molecule has 4 N–H and O–H groups in total. The number of aromatic nitrogens is 2. The number of aliphatic hydroxyl groups is 2. The third-order valence-corrected chi connectivity index (χ3v) is 6.93. The Hall–Kier alpha value is -1.77. The van der Waals surface area contributed by atoms with Crippen molar-refractivity contribution >= 4 is 11.9 Å². The maximum atomic E-state index is 13.3. The van der Waals surface area contributed by atoms with E-state index in [1.807, 2.05) is 11.8 Å². The highest BCUT2D eigenvalue weighted by atomic mass is 16.3. The molecule has 4 rings (SSSR count). The Kier molecular flexibility index (Phi) is 5.53. The smallest absolute Gasteiger partial charge is 0.226 e. The van der Waals surface area contributed by atoms with E-state index in [0.717, 1.165) is 38.0 Å². The highest BCUT2D eigenvalue weighted by Gasteiger charge is 2.54. The average molecular weight is 390 g/mol. The molecule has 28 heavy (non-hydrogen) atoms. The number of hydrogen-bond donors (Lipinski definition) is 3. The summed E-state index contributed by atoms with van der Waals surface area (Å²) in [5, 5.41) is 21.4. The zero-order chi connectivity index (χ0) is 19.8. The van der Waals surface area contributed by atoms with Crippen LogP contribution < -0.4 is 5.73 Å². The molecule has 8 heteroatoms. The van der Waals surface area contributed by atoms with Gasteiger partial charge in [-0.2, -0.15) is 0 Å². The molecule has 0 aromatic carbocycles. The Morgan fingerprint density at radius 2 is 1.75 bits per heavy atom. The quantitative estimate of drug-likeness (QED) is 0.672. The van der Waals surface area contributed by atoms with Gasteiger partial charge >= 0.3 is 0 Å². The highest BCUT2D eigenvalue weighted by Crippen LogP contribution is 2.44. The standard InChI is InChI=1S/C20H31N5O3/c1-12-16(19(28)25-5-3-2-4-6-25)14-10-24(11-15(14)18(27)17(12)26)9-13-7-22-20(21)23-8-13/h7-8,12,14-18,26-27H,2-6,9-11H2,1H3,(H2,21,22,23)/t12-,14+,15+,16+,17+,18+/m1/s1. The molecule has 1 aliphatic carbocycles. The first-order valence-electron chi connectivity index (χ1n) is 10.4. The van der Waals surface area contributed by atoms with Crippen molar-refractivity contribution in [3.8, 4) is 0 Å². The molecule has 2 aliphatic heterocycles. The number of likely N-dealkylation sites (tertiary alicyclic amines) is 2. The lowest BCUT2D eigenvalue weighted by Gasteiger charge is -2.45. The minimum atomic E-state index is -0.861. The van der Waals surface area contributed by atoms with Crippen molar-refractivity contribution in [2.24, 2.45) is 23.7 Å². The van der Waals surface area contributed by atoms with E-state index in [1.165, 1.54) is 6.42 Å². The summed E-state index contributed by atoms with van der Waals surface area (Å²) in [4.78, 5) is 25.6. The number of piperidine rings is 1. The second kappa shape index (κ2) is 7.93. The lowest BCUT2D eigenvalue weighted by atomic mass is 9.65. The molecule has 8 nitrogen and oxygen atoms in total. The van der Waals surface area contributed by atoms with E-state index in [0.29, 0.717) is 13.1 Å². The largest absolute Gasteiger partial charge is 0.390 e. The van der Waals surface area contributed by atoms with Crippen molar-refractivity contribution in [2.45, 2.75) is 44.9 Å². The van der Waals surface area contributed by atoms with Crippen LogP contribution in [0.25, 0.3) is 0 Å². The summed E-state index contributed by atoms with van der Waals surface area (Å²) < 4.78 is 0. The van der Waals surface area contributed by atoms with E-state index in [9.17, 15) is 15.0 Å². The van der Waals surface area contributed by atoms with Crippen molar-refractivity contribution in [2.75, 3.05) is 31.9 Å². The van der Waals surface area contributed by atoms with Crippen LogP contribution in [0, 0.1) is 23.7 Å². The number of nitrogens with zero attached hydrogens (tertiary/aromatic N) is 4. The van der Waals surface area contributed by atoms with Gasteiger partial charge < -0.3 is 20.8 Å². The van der Waals surface area contributed by atoms with E-state index in [2.05, 4.69) is 14.9 Å². The van der Waals surface area contributed by atoms with Crippen LogP contribution in [-0.4, -0.2) is 74.3 Å². The van der Waals surface area contributed by atoms with Crippen molar-refractivity contribution in [1.82, 2.24) is 19.8 Å². The number of carbonyl (C=O) groups excluding carboxylic acids is 1. The fourth-order valence-corrected chi connectivity index (χ4v) is 5.42. The fourth-order valence-electron chi connectivity index (χ4n) is 5.42. The van der Waals surface area contributed by atoms with Gasteiger partial charge in [-0.15, -0.1) is 0 Å². The second-order valence-electron chi connectivity index (χ2n) is 8.72. The monoisotopic (exact) mass is 389 g/mol. The summed E-state index contributed by atoms with van der Waals surface area (Å²) in [5.41, 5.74) is 6.52. The average Bonchev–Trinajstić information content (AvgIpc) is 3.12. The van der Waals surface area contributed by atoms with E-state index < -0.39 is 12.2 Å². The summed E-state index contributed by atoms with van der Waals surface area (Å²) >= 11 is 0. The number of hydrogen-bond acceptors (Lipinski definition) is 7. The number of nitrogen functional groups attached to an aromatic ring is 1. The van der Waals surface area contributed by atoms with Gasteiger partial charge in [0.1, 0.15) is 0 Å². The van der Waals surface area contributed by atoms with Gasteiger partial charge in [-0.3, -0.25) is 9.69 Å². The molecule has 3 heterocycles. The Morgan fingerprint density at radius 1 is 1.11 bits per heavy atom. The van der Waals surface area contributed by atoms with E-state index in [4.69, 9.17) is 5.73 Å². The Bertz CT molecular complexity index is 694. The number of anilines is 1. The van der Waals surface area contributed by atoms with Gasteiger partial charge in [-0.1, -0.05) is 6.92 Å². The number of fused-ring (bicyclic) bond motifs is 1. The van der Waals surface area contributed by atoms with Crippen LogP contribution in [0.2, 0.25) is 0 Å². The zero-order valence-electron chi connectivity index (χ0n) is 16.4. The van der Waals surface area contributed by atoms with Gasteiger partial charge in [-0.05, 0) is 31.1 Å². The molecule has 6 atom stereocenters. The molecule has 1 saturated carbocycles. The molecule has 154 valence electrons. The van der Waals surface area contributed by atoms with Crippen molar-refractivity contribution in [3.05, 3.63) is 18.0 Å². The first kappa shape index (κ1) is 19.5. The predicted molar refractivity (Wildman–Crippen MR) is 104 cm³/mol. The SMILES string of the molecule is C[C@H]1[C@H](O)[C@@H](O)[C@H]2CN(Cc3cnc(N)nc3)C[C@@H]2[C@H]1C(=O)N1CCCCC1. The Morgan fingerprint density at radius 3 is 2.43 bits per heavy atom. The molecule has 2 saturated heterocycles. The Labute approximate surface area is 165 Å². The fraction of sp³-hybridized carbons (Fsp3) is 0.750. The molecule has 0 bridgehead atoms. The number of rotatable bonds is 3. The lowest BCUT2D eigenvalue weighted by molar-refractivity contribution is -0.156. The summed E-state index contributed by atoms with van der Waals surface area (Å²) in [6.45, 7) is 5.56. The second-order valence-corrected chi connectivity index (χ2v) is 8.72. The van der Waals surface area contributed by atoms with Gasteiger partial charge in [0.2, 0.25) is 11.9 Å². The van der Waals surface area contributed by atoms with Crippen molar-refractivity contribution in [3.63, 3.8) is 0 Å². The van der Waals surface area contributed by atoms with Gasteiger partial charge in [0.05, 0.1) is 12.2 Å². The van der Waals surface area contributed by atoms with Crippen molar-refractivity contribution < 1.29 is 15.0 Å². The molecule has 1 aromatic rings. The third kappa shape index (κ3) is 3.60. The molecule has 3 aliphatic rings. The van der Waals surface area contributed by atoms with Crippen LogP contribution in [0.3, 0.4) is 0 Å². The molecule has 0 spiro atoms. The van der Waals surface area contributed by atoms with Crippen LogP contribution in [-0.2, 0) is 11.3 Å². The van der Waals surface area contributed by atoms with Crippen LogP contribution in [0.15, 0.2) is 12.4 Å². The van der Waals surface area contributed by atoms with Crippen LogP contribution in [0.1, 0.15) is 31.7 Å². The summed E-state index contributed by atoms with van der Waals surface area (Å²) in [7, 11) is 0. The highest BCUT2D eigenvalue weighted by molar-refractivity contribution is 5.80. The van der Waals surface area contributed by atoms with Gasteiger partial charge in [0.15, 0.2) is 0 Å². The number of aliphatic hydroxyl groups excluding tert-OH is 2. The van der Waals surface area contributed by atoms with E-state index in [-0.39, 0.29) is 35.5 Å². The third-order valence-electron chi connectivity index (χ3n) is 6.93. The maximum absolute atomic E-state index is 13.3. The molecule has 1 amide bonds. The summed E-state index contributed by atoms with van der Waals surface area (Å²) in [5.74, 6) is -0.124.